The lowest BCUT2D eigenvalue weighted by Gasteiger charge is -2.20. The van der Waals surface area contributed by atoms with Crippen molar-refractivity contribution in [3.63, 3.8) is 0 Å². The highest BCUT2D eigenvalue weighted by atomic mass is 16.5. The summed E-state index contributed by atoms with van der Waals surface area (Å²) in [4.78, 5) is 0. The zero-order valence-corrected chi connectivity index (χ0v) is 15.8. The van der Waals surface area contributed by atoms with Gasteiger partial charge in [-0.25, -0.2) is 0 Å². The van der Waals surface area contributed by atoms with E-state index in [1.54, 1.807) is 0 Å². The van der Waals surface area contributed by atoms with Crippen molar-refractivity contribution in [3.8, 4) is 35.2 Å². The third kappa shape index (κ3) is 10.6. The molecule has 0 saturated carbocycles. The Bertz CT molecular complexity index is 558. The molecule has 0 saturated heterocycles. The van der Waals surface area contributed by atoms with E-state index in [0.29, 0.717) is 13.2 Å². The van der Waals surface area contributed by atoms with Gasteiger partial charge in [0.2, 0.25) is 0 Å². The standard InChI is InChI=1S/C20H30N2O2/c1-21(2,3)15-7-9-17-23-19-11-13-20(14-12-19)24-18-10-8-16-22(4,5)6/h11-14H,15-18H2,1-6H3/q+2. The largest absolute Gasteiger partial charge is 0.481 e. The van der Waals surface area contributed by atoms with Crippen LogP contribution < -0.4 is 9.47 Å². The van der Waals surface area contributed by atoms with Crippen molar-refractivity contribution in [1.29, 1.82) is 0 Å². The Balaban J connectivity index is 2.33. The van der Waals surface area contributed by atoms with E-state index >= 15 is 0 Å². The van der Waals surface area contributed by atoms with Crippen molar-refractivity contribution in [2.24, 2.45) is 0 Å². The first kappa shape index (κ1) is 19.9. The molecule has 0 heterocycles. The molecule has 0 fully saturated rings. The fraction of sp³-hybridized carbons (Fsp3) is 0.500. The van der Waals surface area contributed by atoms with Gasteiger partial charge in [0.1, 0.15) is 37.8 Å². The van der Waals surface area contributed by atoms with E-state index in [0.717, 1.165) is 33.6 Å². The number of nitrogens with zero attached hydrogens (tertiary/aromatic N) is 2. The van der Waals surface area contributed by atoms with E-state index in [4.69, 9.17) is 9.47 Å². The Labute approximate surface area is 147 Å². The molecular weight excluding hydrogens is 300 g/mol. The van der Waals surface area contributed by atoms with Crippen molar-refractivity contribution in [1.82, 2.24) is 0 Å². The smallest absolute Gasteiger partial charge is 0.149 e. The molecule has 0 aliphatic heterocycles. The molecule has 0 bridgehead atoms. The second kappa shape index (κ2) is 9.23. The van der Waals surface area contributed by atoms with Crippen LogP contribution in [0.25, 0.3) is 0 Å². The van der Waals surface area contributed by atoms with Crippen LogP contribution >= 0.6 is 0 Å². The van der Waals surface area contributed by atoms with Gasteiger partial charge in [0.05, 0.1) is 42.3 Å². The van der Waals surface area contributed by atoms with Crippen LogP contribution in [0.1, 0.15) is 0 Å². The van der Waals surface area contributed by atoms with Crippen molar-refractivity contribution >= 4 is 0 Å². The van der Waals surface area contributed by atoms with Gasteiger partial charge < -0.3 is 18.4 Å². The summed E-state index contributed by atoms with van der Waals surface area (Å²) in [5, 5.41) is 0. The Morgan fingerprint density at radius 1 is 0.625 bits per heavy atom. The molecule has 0 unspecified atom stereocenters. The van der Waals surface area contributed by atoms with Crippen molar-refractivity contribution in [3.05, 3.63) is 24.3 Å². The van der Waals surface area contributed by atoms with E-state index in [9.17, 15) is 0 Å². The molecule has 0 N–H and O–H groups in total. The molecule has 0 aromatic heterocycles. The van der Waals surface area contributed by atoms with Crippen LogP contribution in [0.2, 0.25) is 0 Å². The molecule has 130 valence electrons. The van der Waals surface area contributed by atoms with Crippen molar-refractivity contribution in [2.75, 3.05) is 68.6 Å². The molecule has 1 aromatic carbocycles. The zero-order valence-electron chi connectivity index (χ0n) is 15.8. The number of quaternary nitrogens is 2. The molecule has 4 nitrogen and oxygen atoms in total. The molecule has 24 heavy (non-hydrogen) atoms. The number of benzene rings is 1. The molecule has 1 aromatic rings. The van der Waals surface area contributed by atoms with Crippen LogP contribution in [0.4, 0.5) is 0 Å². The Morgan fingerprint density at radius 2 is 0.958 bits per heavy atom. The maximum atomic E-state index is 5.59. The lowest BCUT2D eigenvalue weighted by Crippen LogP contribution is -2.34. The van der Waals surface area contributed by atoms with E-state index in [2.05, 4.69) is 66.0 Å². The third-order valence-electron chi connectivity index (χ3n) is 2.80. The lowest BCUT2D eigenvalue weighted by atomic mass is 10.3. The summed E-state index contributed by atoms with van der Waals surface area (Å²) in [5.74, 6) is 13.9. The fourth-order valence-electron chi connectivity index (χ4n) is 1.56. The summed E-state index contributed by atoms with van der Waals surface area (Å²) in [6.45, 7) is 2.42. The lowest BCUT2D eigenvalue weighted by molar-refractivity contribution is -0.862. The second-order valence-corrected chi connectivity index (χ2v) is 7.65. The highest BCUT2D eigenvalue weighted by molar-refractivity contribution is 5.31. The SMILES string of the molecule is C[N+](C)(C)CC#CCOc1ccc(OCC#CC[N+](C)(C)C)cc1. The molecule has 0 aliphatic rings. The number of ether oxygens (including phenoxy) is 2. The zero-order chi connectivity index (χ0) is 18.1. The molecular formula is C20H30N2O2+2. The van der Waals surface area contributed by atoms with E-state index in [1.165, 1.54) is 0 Å². The average Bonchev–Trinajstić information content (AvgIpc) is 2.45. The summed E-state index contributed by atoms with van der Waals surface area (Å²) in [5.41, 5.74) is 0. The fourth-order valence-corrected chi connectivity index (χ4v) is 1.56. The summed E-state index contributed by atoms with van der Waals surface area (Å²) in [6.07, 6.45) is 0. The van der Waals surface area contributed by atoms with Gasteiger partial charge in [-0.1, -0.05) is 11.8 Å². The van der Waals surface area contributed by atoms with Gasteiger partial charge in [-0.15, -0.1) is 0 Å². The van der Waals surface area contributed by atoms with Crippen LogP contribution in [0, 0.1) is 23.7 Å². The van der Waals surface area contributed by atoms with Crippen LogP contribution in [0.3, 0.4) is 0 Å². The minimum Gasteiger partial charge on any atom is -0.481 e. The molecule has 1 rings (SSSR count). The van der Waals surface area contributed by atoms with Crippen LogP contribution in [-0.4, -0.2) is 77.6 Å². The highest BCUT2D eigenvalue weighted by Gasteiger charge is 2.02. The summed E-state index contributed by atoms with van der Waals surface area (Å²) >= 11 is 0. The highest BCUT2D eigenvalue weighted by Crippen LogP contribution is 2.17. The van der Waals surface area contributed by atoms with Gasteiger partial charge in [0.15, 0.2) is 0 Å². The number of rotatable bonds is 6. The predicted molar refractivity (Wildman–Crippen MR) is 98.8 cm³/mol. The minimum absolute atomic E-state index is 0.400. The Kier molecular flexibility index (Phi) is 7.65. The van der Waals surface area contributed by atoms with Gasteiger partial charge in [-0.05, 0) is 36.1 Å². The maximum absolute atomic E-state index is 5.59. The molecule has 0 aliphatic carbocycles. The first-order chi connectivity index (χ1) is 11.2. The number of hydrogen-bond acceptors (Lipinski definition) is 2. The van der Waals surface area contributed by atoms with Crippen molar-refractivity contribution < 1.29 is 18.4 Å². The first-order valence-corrected chi connectivity index (χ1v) is 8.04. The molecule has 0 atom stereocenters. The van der Waals surface area contributed by atoms with E-state index in [1.807, 2.05) is 24.3 Å². The minimum atomic E-state index is 0.400. The predicted octanol–water partition coefficient (Wildman–Crippen LogP) is 1.86. The van der Waals surface area contributed by atoms with E-state index in [-0.39, 0.29) is 0 Å². The van der Waals surface area contributed by atoms with Gasteiger partial charge in [-0.3, -0.25) is 0 Å². The molecule has 0 amide bonds. The van der Waals surface area contributed by atoms with Crippen LogP contribution in [0.15, 0.2) is 24.3 Å². The molecule has 0 radical (unpaired) electrons. The van der Waals surface area contributed by atoms with Crippen molar-refractivity contribution in [2.45, 2.75) is 0 Å². The van der Waals surface area contributed by atoms with Gasteiger partial charge in [-0.2, -0.15) is 0 Å². The molecule has 4 heteroatoms. The van der Waals surface area contributed by atoms with Gasteiger partial charge >= 0.3 is 0 Å². The number of hydrogen-bond donors (Lipinski definition) is 0. The van der Waals surface area contributed by atoms with E-state index < -0.39 is 0 Å². The summed E-state index contributed by atoms with van der Waals surface area (Å²) < 4.78 is 12.8. The van der Waals surface area contributed by atoms with Gasteiger partial charge in [0.25, 0.3) is 0 Å². The summed E-state index contributed by atoms with van der Waals surface area (Å²) in [7, 11) is 12.7. The monoisotopic (exact) mass is 330 g/mol. The Morgan fingerprint density at radius 3 is 1.25 bits per heavy atom. The second-order valence-electron chi connectivity index (χ2n) is 7.65. The normalized spacial score (nSPS) is 10.9. The Hall–Kier alpha value is -2.14. The first-order valence-electron chi connectivity index (χ1n) is 8.04. The topological polar surface area (TPSA) is 18.5 Å². The third-order valence-corrected chi connectivity index (χ3v) is 2.80. The van der Waals surface area contributed by atoms with Crippen LogP contribution in [0.5, 0.6) is 11.5 Å². The maximum Gasteiger partial charge on any atom is 0.149 e. The van der Waals surface area contributed by atoms with Gasteiger partial charge in [0, 0.05) is 0 Å². The molecule has 0 spiro atoms. The average molecular weight is 330 g/mol. The quantitative estimate of drug-likeness (QED) is 0.586. The summed E-state index contributed by atoms with van der Waals surface area (Å²) in [6, 6.07) is 7.54. The van der Waals surface area contributed by atoms with Crippen LogP contribution in [-0.2, 0) is 0 Å².